The standard InChI is InChI=1S/C12H11ClN4O3/c13-7-1-2-9(15-4-7)11(18)17-10(12(19)20)3-8-5-14-6-16-8/h1-2,4-6,10H,3H2,(H,14,16)(H,17,18)(H,19,20)/t10-/m1/s1. The summed E-state index contributed by atoms with van der Waals surface area (Å²) in [6.45, 7) is 0. The number of aromatic amines is 1. The predicted octanol–water partition coefficient (Wildman–Crippen LogP) is 0.884. The van der Waals surface area contributed by atoms with Crippen LogP contribution < -0.4 is 5.32 Å². The van der Waals surface area contributed by atoms with Crippen LogP contribution in [-0.2, 0) is 11.2 Å². The smallest absolute Gasteiger partial charge is 0.326 e. The zero-order valence-electron chi connectivity index (χ0n) is 10.2. The number of H-pyrrole nitrogens is 1. The molecule has 0 saturated heterocycles. The first-order chi connectivity index (χ1) is 9.56. The fraction of sp³-hybridized carbons (Fsp3) is 0.167. The summed E-state index contributed by atoms with van der Waals surface area (Å²) in [6.07, 6.45) is 4.37. The van der Waals surface area contributed by atoms with Crippen LogP contribution in [0.5, 0.6) is 0 Å². The van der Waals surface area contributed by atoms with Gasteiger partial charge < -0.3 is 15.4 Å². The fourth-order valence-electron chi connectivity index (χ4n) is 1.56. The molecule has 0 fully saturated rings. The number of amides is 1. The normalized spacial score (nSPS) is 11.8. The highest BCUT2D eigenvalue weighted by Gasteiger charge is 2.22. The molecule has 1 atom stereocenters. The van der Waals surface area contributed by atoms with Gasteiger partial charge in [-0.25, -0.2) is 14.8 Å². The zero-order valence-corrected chi connectivity index (χ0v) is 11.0. The number of hydrogen-bond acceptors (Lipinski definition) is 4. The van der Waals surface area contributed by atoms with E-state index in [0.717, 1.165) is 0 Å². The molecule has 0 bridgehead atoms. The van der Waals surface area contributed by atoms with Crippen molar-refractivity contribution >= 4 is 23.5 Å². The van der Waals surface area contributed by atoms with Crippen molar-refractivity contribution in [1.29, 1.82) is 0 Å². The Labute approximate surface area is 119 Å². The number of nitrogens with one attached hydrogen (secondary N) is 2. The third kappa shape index (κ3) is 3.55. The Morgan fingerprint density at radius 1 is 1.40 bits per heavy atom. The molecule has 2 heterocycles. The minimum Gasteiger partial charge on any atom is -0.480 e. The van der Waals surface area contributed by atoms with Gasteiger partial charge >= 0.3 is 5.97 Å². The molecule has 1 amide bonds. The zero-order chi connectivity index (χ0) is 14.5. The van der Waals surface area contributed by atoms with Gasteiger partial charge in [-0.2, -0.15) is 0 Å². The lowest BCUT2D eigenvalue weighted by atomic mass is 10.1. The second-order valence-electron chi connectivity index (χ2n) is 4.01. The maximum absolute atomic E-state index is 11.9. The molecule has 3 N–H and O–H groups in total. The second-order valence-corrected chi connectivity index (χ2v) is 4.44. The summed E-state index contributed by atoms with van der Waals surface area (Å²) >= 11 is 5.67. The molecule has 20 heavy (non-hydrogen) atoms. The van der Waals surface area contributed by atoms with Gasteiger partial charge in [-0.3, -0.25) is 4.79 Å². The van der Waals surface area contributed by atoms with Gasteiger partial charge in [0.1, 0.15) is 11.7 Å². The van der Waals surface area contributed by atoms with E-state index in [1.165, 1.54) is 30.9 Å². The van der Waals surface area contributed by atoms with E-state index in [0.29, 0.717) is 10.7 Å². The summed E-state index contributed by atoms with van der Waals surface area (Å²) in [4.78, 5) is 33.5. The highest BCUT2D eigenvalue weighted by atomic mass is 35.5. The molecule has 0 aliphatic carbocycles. The number of nitrogens with zero attached hydrogens (tertiary/aromatic N) is 2. The van der Waals surface area contributed by atoms with Gasteiger partial charge in [0.15, 0.2) is 0 Å². The molecular weight excluding hydrogens is 284 g/mol. The van der Waals surface area contributed by atoms with Crippen LogP contribution in [-0.4, -0.2) is 38.0 Å². The van der Waals surface area contributed by atoms with E-state index in [9.17, 15) is 9.59 Å². The van der Waals surface area contributed by atoms with Gasteiger partial charge in [0.2, 0.25) is 0 Å². The van der Waals surface area contributed by atoms with Gasteiger partial charge in [0.05, 0.1) is 11.3 Å². The van der Waals surface area contributed by atoms with Crippen molar-refractivity contribution in [2.45, 2.75) is 12.5 Å². The third-order valence-electron chi connectivity index (χ3n) is 2.54. The number of pyridine rings is 1. The Kier molecular flexibility index (Phi) is 4.31. The lowest BCUT2D eigenvalue weighted by Crippen LogP contribution is -2.42. The minimum absolute atomic E-state index is 0.102. The predicted molar refractivity (Wildman–Crippen MR) is 70.4 cm³/mol. The Bertz CT molecular complexity index is 598. The average molecular weight is 295 g/mol. The van der Waals surface area contributed by atoms with Crippen molar-refractivity contribution < 1.29 is 14.7 Å². The van der Waals surface area contributed by atoms with E-state index in [-0.39, 0.29) is 12.1 Å². The molecule has 2 rings (SSSR count). The number of hydrogen-bond donors (Lipinski definition) is 3. The molecule has 2 aromatic heterocycles. The molecule has 0 spiro atoms. The number of carboxylic acid groups (broad SMARTS) is 1. The van der Waals surface area contributed by atoms with Crippen molar-refractivity contribution in [3.63, 3.8) is 0 Å². The van der Waals surface area contributed by atoms with Gasteiger partial charge in [-0.1, -0.05) is 11.6 Å². The molecular formula is C12H11ClN4O3. The highest BCUT2D eigenvalue weighted by Crippen LogP contribution is 2.07. The number of aliphatic carboxylic acids is 1. The molecule has 104 valence electrons. The van der Waals surface area contributed by atoms with E-state index in [4.69, 9.17) is 16.7 Å². The van der Waals surface area contributed by atoms with Crippen LogP contribution in [0.1, 0.15) is 16.2 Å². The Morgan fingerprint density at radius 2 is 2.20 bits per heavy atom. The van der Waals surface area contributed by atoms with Crippen LogP contribution in [0.4, 0.5) is 0 Å². The molecule has 0 aromatic carbocycles. The first kappa shape index (κ1) is 14.0. The summed E-state index contributed by atoms with van der Waals surface area (Å²) in [5.41, 5.74) is 0.715. The molecule has 0 unspecified atom stereocenters. The number of carbonyl (C=O) groups excluding carboxylic acids is 1. The lowest BCUT2D eigenvalue weighted by molar-refractivity contribution is -0.139. The number of halogens is 1. The van der Waals surface area contributed by atoms with Gasteiger partial charge in [0.25, 0.3) is 5.91 Å². The molecule has 0 aliphatic rings. The molecule has 0 saturated carbocycles. The number of aromatic nitrogens is 3. The van der Waals surface area contributed by atoms with E-state index in [1.807, 2.05) is 0 Å². The third-order valence-corrected chi connectivity index (χ3v) is 2.77. The first-order valence-corrected chi connectivity index (χ1v) is 6.06. The van der Waals surface area contributed by atoms with E-state index in [1.54, 1.807) is 0 Å². The topological polar surface area (TPSA) is 108 Å². The maximum Gasteiger partial charge on any atom is 0.326 e. The SMILES string of the molecule is O=C(N[C@H](Cc1cnc[nH]1)C(=O)O)c1ccc(Cl)cn1. The first-order valence-electron chi connectivity index (χ1n) is 5.68. The quantitative estimate of drug-likeness (QED) is 0.759. The number of imidazole rings is 1. The van der Waals surface area contributed by atoms with E-state index < -0.39 is 17.9 Å². The van der Waals surface area contributed by atoms with Crippen molar-refractivity contribution in [1.82, 2.24) is 20.3 Å². The number of rotatable bonds is 5. The minimum atomic E-state index is -1.14. The molecule has 0 radical (unpaired) electrons. The maximum atomic E-state index is 11.9. The number of carbonyl (C=O) groups is 2. The summed E-state index contributed by atoms with van der Waals surface area (Å²) in [5, 5.41) is 11.9. The molecule has 7 nitrogen and oxygen atoms in total. The second kappa shape index (κ2) is 6.16. The van der Waals surface area contributed by atoms with Crippen LogP contribution in [0, 0.1) is 0 Å². The summed E-state index contributed by atoms with van der Waals surface area (Å²) in [7, 11) is 0. The monoisotopic (exact) mass is 294 g/mol. The summed E-state index contributed by atoms with van der Waals surface area (Å²) in [6, 6.07) is 1.86. The Balaban J connectivity index is 2.06. The van der Waals surface area contributed by atoms with Crippen LogP contribution in [0.15, 0.2) is 30.9 Å². The van der Waals surface area contributed by atoms with Gasteiger partial charge in [-0.15, -0.1) is 0 Å². The highest BCUT2D eigenvalue weighted by molar-refractivity contribution is 6.30. The Hall–Kier alpha value is -2.41. The average Bonchev–Trinajstić information content (AvgIpc) is 2.91. The van der Waals surface area contributed by atoms with E-state index in [2.05, 4.69) is 20.3 Å². The molecule has 0 aliphatic heterocycles. The van der Waals surface area contributed by atoms with Crippen molar-refractivity contribution in [2.24, 2.45) is 0 Å². The lowest BCUT2D eigenvalue weighted by Gasteiger charge is -2.13. The van der Waals surface area contributed by atoms with Crippen LogP contribution in [0.25, 0.3) is 0 Å². The summed E-state index contributed by atoms with van der Waals surface area (Å²) < 4.78 is 0. The molecule has 2 aromatic rings. The van der Waals surface area contributed by atoms with Crippen molar-refractivity contribution in [3.8, 4) is 0 Å². The van der Waals surface area contributed by atoms with Gasteiger partial charge in [-0.05, 0) is 12.1 Å². The largest absolute Gasteiger partial charge is 0.480 e. The van der Waals surface area contributed by atoms with Crippen LogP contribution in [0.3, 0.4) is 0 Å². The van der Waals surface area contributed by atoms with Crippen molar-refractivity contribution in [3.05, 3.63) is 47.3 Å². The van der Waals surface area contributed by atoms with Crippen molar-refractivity contribution in [2.75, 3.05) is 0 Å². The fourth-order valence-corrected chi connectivity index (χ4v) is 1.67. The Morgan fingerprint density at radius 3 is 2.75 bits per heavy atom. The van der Waals surface area contributed by atoms with E-state index >= 15 is 0 Å². The van der Waals surface area contributed by atoms with Crippen LogP contribution >= 0.6 is 11.6 Å². The van der Waals surface area contributed by atoms with Gasteiger partial charge in [0, 0.05) is 24.5 Å². The summed E-state index contributed by atoms with van der Waals surface area (Å²) in [5.74, 6) is -1.71. The number of carboxylic acids is 1. The van der Waals surface area contributed by atoms with Crippen LogP contribution in [0.2, 0.25) is 5.02 Å². The molecule has 8 heteroatoms.